The summed E-state index contributed by atoms with van der Waals surface area (Å²) in [6.07, 6.45) is 0.837. The highest BCUT2D eigenvalue weighted by Gasteiger charge is 2.26. The van der Waals surface area contributed by atoms with Crippen molar-refractivity contribution in [2.45, 2.75) is 37.8 Å². The fourth-order valence-corrected chi connectivity index (χ4v) is 3.65. The summed E-state index contributed by atoms with van der Waals surface area (Å²) in [7, 11) is 0. The number of amides is 2. The van der Waals surface area contributed by atoms with Crippen LogP contribution in [0.25, 0.3) is 0 Å². The van der Waals surface area contributed by atoms with Crippen LogP contribution in [0.4, 0.5) is 0 Å². The average molecular weight is 439 g/mol. The van der Waals surface area contributed by atoms with E-state index in [0.29, 0.717) is 16.6 Å². The minimum Gasteiger partial charge on any atom is -0.354 e. The zero-order valence-electron chi connectivity index (χ0n) is 16.0. The van der Waals surface area contributed by atoms with E-state index in [1.807, 2.05) is 37.3 Å². The van der Waals surface area contributed by atoms with Crippen LogP contribution in [0.1, 0.15) is 25.8 Å². The molecule has 0 aliphatic heterocycles. The number of nitrogens with one attached hydrogen (secondary N) is 1. The lowest BCUT2D eigenvalue weighted by molar-refractivity contribution is -0.138. The van der Waals surface area contributed by atoms with Gasteiger partial charge in [-0.2, -0.15) is 0 Å². The van der Waals surface area contributed by atoms with Crippen molar-refractivity contribution in [2.75, 3.05) is 12.3 Å². The molecule has 4 nitrogen and oxygen atoms in total. The van der Waals surface area contributed by atoms with E-state index in [0.717, 1.165) is 16.9 Å². The Hall–Kier alpha value is -1.69. The van der Waals surface area contributed by atoms with E-state index in [9.17, 15) is 9.59 Å². The molecule has 28 heavy (non-hydrogen) atoms. The fourth-order valence-electron chi connectivity index (χ4n) is 2.55. The molecule has 2 rings (SSSR count). The first-order valence-corrected chi connectivity index (χ1v) is 10.9. The Morgan fingerprint density at radius 3 is 2.43 bits per heavy atom. The van der Waals surface area contributed by atoms with Crippen LogP contribution < -0.4 is 5.32 Å². The molecule has 1 N–H and O–H groups in total. The topological polar surface area (TPSA) is 49.4 Å². The van der Waals surface area contributed by atoms with Crippen molar-refractivity contribution in [2.24, 2.45) is 0 Å². The Bertz CT molecular complexity index is 799. The average Bonchev–Trinajstić information content (AvgIpc) is 2.70. The third kappa shape index (κ3) is 6.73. The molecule has 2 aromatic carbocycles. The summed E-state index contributed by atoms with van der Waals surface area (Å²) in [4.78, 5) is 28.0. The Morgan fingerprint density at radius 1 is 1.11 bits per heavy atom. The van der Waals surface area contributed by atoms with Crippen molar-refractivity contribution in [3.05, 3.63) is 64.1 Å². The number of thioether (sulfide) groups is 1. The van der Waals surface area contributed by atoms with Gasteiger partial charge in [-0.3, -0.25) is 9.59 Å². The fraction of sp³-hybridized carbons (Fsp3) is 0.333. The number of benzene rings is 2. The van der Waals surface area contributed by atoms with Gasteiger partial charge in [0.15, 0.2) is 0 Å². The first-order valence-electron chi connectivity index (χ1n) is 9.11. The summed E-state index contributed by atoms with van der Waals surface area (Å²) in [5.74, 6) is -0.0740. The van der Waals surface area contributed by atoms with Gasteiger partial charge in [-0.1, -0.05) is 48.3 Å². The van der Waals surface area contributed by atoms with Gasteiger partial charge in [0.1, 0.15) is 6.04 Å². The first-order chi connectivity index (χ1) is 13.4. The minimum atomic E-state index is -0.596. The van der Waals surface area contributed by atoms with Crippen LogP contribution in [0.15, 0.2) is 53.4 Å². The van der Waals surface area contributed by atoms with Crippen molar-refractivity contribution >= 4 is 46.8 Å². The predicted molar refractivity (Wildman–Crippen MR) is 117 cm³/mol. The summed E-state index contributed by atoms with van der Waals surface area (Å²) < 4.78 is 0. The lowest BCUT2D eigenvalue weighted by Crippen LogP contribution is -2.48. The van der Waals surface area contributed by atoms with Gasteiger partial charge in [-0.25, -0.2) is 0 Å². The number of carbonyl (C=O) groups excluding carboxylic acids is 2. The van der Waals surface area contributed by atoms with Gasteiger partial charge >= 0.3 is 0 Å². The van der Waals surface area contributed by atoms with Gasteiger partial charge in [-0.05, 0) is 49.2 Å². The highest BCUT2D eigenvalue weighted by Crippen LogP contribution is 2.23. The van der Waals surface area contributed by atoms with Gasteiger partial charge in [0, 0.05) is 28.0 Å². The van der Waals surface area contributed by atoms with E-state index in [4.69, 9.17) is 23.2 Å². The van der Waals surface area contributed by atoms with Gasteiger partial charge in [-0.15, -0.1) is 11.8 Å². The summed E-state index contributed by atoms with van der Waals surface area (Å²) >= 11 is 13.6. The minimum absolute atomic E-state index is 0.126. The van der Waals surface area contributed by atoms with Crippen molar-refractivity contribution in [3.63, 3.8) is 0 Å². The van der Waals surface area contributed by atoms with Crippen LogP contribution in [-0.2, 0) is 16.1 Å². The number of rotatable bonds is 9. The van der Waals surface area contributed by atoms with Crippen molar-refractivity contribution in [3.8, 4) is 0 Å². The van der Waals surface area contributed by atoms with Crippen LogP contribution >= 0.6 is 35.0 Å². The predicted octanol–water partition coefficient (Wildman–Crippen LogP) is 5.03. The molecular formula is C21H24Cl2N2O2S. The molecule has 0 fully saturated rings. The second kappa shape index (κ2) is 11.3. The third-order valence-electron chi connectivity index (χ3n) is 4.19. The summed E-state index contributed by atoms with van der Waals surface area (Å²) in [6.45, 7) is 4.59. The van der Waals surface area contributed by atoms with Crippen molar-refractivity contribution in [1.29, 1.82) is 0 Å². The van der Waals surface area contributed by atoms with Gasteiger partial charge < -0.3 is 10.2 Å². The molecule has 0 saturated heterocycles. The molecule has 0 radical (unpaired) electrons. The Balaban J connectivity index is 2.13. The third-order valence-corrected chi connectivity index (χ3v) is 5.81. The molecule has 0 bridgehead atoms. The van der Waals surface area contributed by atoms with E-state index in [1.54, 1.807) is 30.0 Å². The van der Waals surface area contributed by atoms with Gasteiger partial charge in [0.25, 0.3) is 0 Å². The number of carbonyl (C=O) groups is 2. The molecule has 1 unspecified atom stereocenters. The van der Waals surface area contributed by atoms with Crippen LogP contribution in [-0.4, -0.2) is 35.1 Å². The molecule has 0 aliphatic rings. The number of hydrogen-bond acceptors (Lipinski definition) is 3. The smallest absolute Gasteiger partial charge is 0.242 e. The highest BCUT2D eigenvalue weighted by atomic mass is 35.5. The number of hydrogen-bond donors (Lipinski definition) is 1. The van der Waals surface area contributed by atoms with E-state index >= 15 is 0 Å². The Labute approximate surface area is 180 Å². The molecule has 2 amide bonds. The van der Waals surface area contributed by atoms with Crippen molar-refractivity contribution < 1.29 is 9.59 Å². The van der Waals surface area contributed by atoms with E-state index < -0.39 is 6.04 Å². The maximum absolute atomic E-state index is 13.0. The monoisotopic (exact) mass is 438 g/mol. The number of nitrogens with zero attached hydrogens (tertiary/aromatic N) is 1. The van der Waals surface area contributed by atoms with E-state index in [-0.39, 0.29) is 24.1 Å². The van der Waals surface area contributed by atoms with Crippen molar-refractivity contribution in [1.82, 2.24) is 10.2 Å². The molecule has 1 atom stereocenters. The summed E-state index contributed by atoms with van der Waals surface area (Å²) in [5, 5.41) is 4.09. The SMILES string of the molecule is CCCNC(=O)C(C)N(Cc1ccccc1Cl)C(=O)CSc1ccc(Cl)cc1. The van der Waals surface area contributed by atoms with Crippen LogP contribution in [0.3, 0.4) is 0 Å². The molecule has 0 saturated carbocycles. The van der Waals surface area contributed by atoms with Gasteiger partial charge in [0.2, 0.25) is 11.8 Å². The number of halogens is 2. The summed E-state index contributed by atoms with van der Waals surface area (Å²) in [5.41, 5.74) is 0.809. The molecular weight excluding hydrogens is 415 g/mol. The van der Waals surface area contributed by atoms with E-state index in [2.05, 4.69) is 5.32 Å². The second-order valence-corrected chi connectivity index (χ2v) is 8.22. The maximum atomic E-state index is 13.0. The molecule has 2 aromatic rings. The normalized spacial score (nSPS) is 11.7. The Kier molecular flexibility index (Phi) is 9.16. The Morgan fingerprint density at radius 2 is 1.79 bits per heavy atom. The maximum Gasteiger partial charge on any atom is 0.242 e. The lowest BCUT2D eigenvalue weighted by atomic mass is 10.1. The molecule has 0 aliphatic carbocycles. The second-order valence-electron chi connectivity index (χ2n) is 6.32. The molecule has 7 heteroatoms. The van der Waals surface area contributed by atoms with Crippen LogP contribution in [0, 0.1) is 0 Å². The van der Waals surface area contributed by atoms with Crippen LogP contribution in [0.5, 0.6) is 0 Å². The summed E-state index contributed by atoms with van der Waals surface area (Å²) in [6, 6.07) is 14.1. The molecule has 150 valence electrons. The standard InChI is InChI=1S/C21H24Cl2N2O2S/c1-3-12-24-21(27)15(2)25(13-16-6-4-5-7-19(16)23)20(26)14-28-18-10-8-17(22)9-11-18/h4-11,15H,3,12-14H2,1-2H3,(H,24,27). The van der Waals surface area contributed by atoms with E-state index in [1.165, 1.54) is 11.8 Å². The molecule has 0 heterocycles. The quantitative estimate of drug-likeness (QED) is 0.558. The zero-order valence-corrected chi connectivity index (χ0v) is 18.3. The highest BCUT2D eigenvalue weighted by molar-refractivity contribution is 8.00. The lowest BCUT2D eigenvalue weighted by Gasteiger charge is -2.29. The molecule has 0 aromatic heterocycles. The molecule has 0 spiro atoms. The van der Waals surface area contributed by atoms with Crippen LogP contribution in [0.2, 0.25) is 10.0 Å². The first kappa shape index (κ1) is 22.6. The van der Waals surface area contributed by atoms with Gasteiger partial charge in [0.05, 0.1) is 5.75 Å². The largest absolute Gasteiger partial charge is 0.354 e. The zero-order chi connectivity index (χ0) is 20.5.